The molecule has 4 aromatic rings. The molecule has 2 heterocycles. The third-order valence-corrected chi connectivity index (χ3v) is 8.42. The molecule has 2 aliphatic rings. The molecular formula is C30H24BrN3O3S. The van der Waals surface area contributed by atoms with Gasteiger partial charge >= 0.3 is 0 Å². The number of halogens is 1. The highest BCUT2D eigenvalue weighted by molar-refractivity contribution is 9.10. The molecule has 3 aromatic carbocycles. The Bertz CT molecular complexity index is 1540. The molecule has 0 radical (unpaired) electrons. The Kier molecular flexibility index (Phi) is 6.59. The van der Waals surface area contributed by atoms with Crippen LogP contribution in [0.25, 0.3) is 10.4 Å². The summed E-state index contributed by atoms with van der Waals surface area (Å²) in [6.07, 6.45) is 2.74. The van der Waals surface area contributed by atoms with Crippen molar-refractivity contribution in [2.45, 2.75) is 25.3 Å². The fourth-order valence-corrected chi connectivity index (χ4v) is 6.07. The molecule has 1 saturated carbocycles. The van der Waals surface area contributed by atoms with Crippen LogP contribution in [0.5, 0.6) is 0 Å². The predicted octanol–water partition coefficient (Wildman–Crippen LogP) is 6.53. The largest absolute Gasteiger partial charge is 0.349 e. The molecule has 3 amide bonds. The zero-order valence-electron chi connectivity index (χ0n) is 20.4. The average molecular weight is 587 g/mol. The van der Waals surface area contributed by atoms with Crippen LogP contribution in [-0.2, 0) is 6.42 Å². The topological polar surface area (TPSA) is 78.5 Å². The van der Waals surface area contributed by atoms with E-state index >= 15 is 0 Å². The normalized spacial score (nSPS) is 14.2. The van der Waals surface area contributed by atoms with Crippen LogP contribution >= 0.6 is 27.3 Å². The molecule has 1 fully saturated rings. The van der Waals surface area contributed by atoms with Gasteiger partial charge in [-0.1, -0.05) is 34.1 Å². The van der Waals surface area contributed by atoms with Crippen LogP contribution in [0.2, 0.25) is 0 Å². The van der Waals surface area contributed by atoms with Gasteiger partial charge in [0.1, 0.15) is 0 Å². The minimum Gasteiger partial charge on any atom is -0.349 e. The van der Waals surface area contributed by atoms with Gasteiger partial charge in [-0.05, 0) is 85.5 Å². The maximum absolute atomic E-state index is 13.7. The summed E-state index contributed by atoms with van der Waals surface area (Å²) in [5.41, 5.74) is 4.54. The summed E-state index contributed by atoms with van der Waals surface area (Å²) >= 11 is 5.06. The lowest BCUT2D eigenvalue weighted by molar-refractivity contribution is 0.0952. The molecule has 8 heteroatoms. The van der Waals surface area contributed by atoms with E-state index in [-0.39, 0.29) is 17.7 Å². The second-order valence-electron chi connectivity index (χ2n) is 9.48. The molecular weight excluding hydrogens is 562 g/mol. The Morgan fingerprint density at radius 3 is 2.37 bits per heavy atom. The molecule has 0 atom stereocenters. The van der Waals surface area contributed by atoms with Crippen LogP contribution in [0.4, 0.5) is 11.4 Å². The van der Waals surface area contributed by atoms with Gasteiger partial charge in [0.2, 0.25) is 0 Å². The number of nitrogens with zero attached hydrogens (tertiary/aromatic N) is 1. The number of amides is 3. The Balaban J connectivity index is 1.25. The Morgan fingerprint density at radius 2 is 1.63 bits per heavy atom. The van der Waals surface area contributed by atoms with Crippen molar-refractivity contribution in [3.8, 4) is 10.4 Å². The summed E-state index contributed by atoms with van der Waals surface area (Å²) in [7, 11) is 0. The lowest BCUT2D eigenvalue weighted by Gasteiger charge is -2.23. The summed E-state index contributed by atoms with van der Waals surface area (Å²) in [5, 5.41) is 5.95. The fourth-order valence-electron chi connectivity index (χ4n) is 4.57. The number of nitrogens with one attached hydrogen (secondary N) is 2. The van der Waals surface area contributed by atoms with Crippen LogP contribution in [0.3, 0.4) is 0 Å². The van der Waals surface area contributed by atoms with Crippen molar-refractivity contribution in [2.75, 3.05) is 16.8 Å². The van der Waals surface area contributed by atoms with E-state index in [4.69, 9.17) is 0 Å². The number of carbonyl (C=O) groups excluding carboxylic acids is 3. The molecule has 0 spiro atoms. The Hall–Kier alpha value is -3.75. The molecule has 1 aliphatic heterocycles. The highest BCUT2D eigenvalue weighted by atomic mass is 79.9. The smallest absolute Gasteiger partial charge is 0.261 e. The van der Waals surface area contributed by atoms with E-state index in [1.807, 2.05) is 42.5 Å². The molecule has 0 saturated heterocycles. The van der Waals surface area contributed by atoms with E-state index in [2.05, 4.69) is 26.6 Å². The van der Waals surface area contributed by atoms with E-state index in [0.717, 1.165) is 39.0 Å². The third-order valence-electron chi connectivity index (χ3n) is 6.71. The number of hydrogen-bond acceptors (Lipinski definition) is 4. The summed E-state index contributed by atoms with van der Waals surface area (Å²) in [4.78, 5) is 42.4. The zero-order chi connectivity index (χ0) is 26.2. The number of carbonyl (C=O) groups is 3. The maximum atomic E-state index is 13.7. The molecule has 38 heavy (non-hydrogen) atoms. The molecule has 2 N–H and O–H groups in total. The SMILES string of the molecule is O=C(Nc1ccc(C(=O)N2CCc3cc(C(=O)NC4CC4)sc3-c3cc(Br)ccc32)cc1)c1ccccc1. The van der Waals surface area contributed by atoms with Crippen molar-refractivity contribution in [2.24, 2.45) is 0 Å². The van der Waals surface area contributed by atoms with Gasteiger partial charge < -0.3 is 15.5 Å². The van der Waals surface area contributed by atoms with Gasteiger partial charge in [0.25, 0.3) is 17.7 Å². The quantitative estimate of drug-likeness (QED) is 0.279. The zero-order valence-corrected chi connectivity index (χ0v) is 22.8. The van der Waals surface area contributed by atoms with Crippen molar-refractivity contribution in [3.05, 3.63) is 105 Å². The lowest BCUT2D eigenvalue weighted by Crippen LogP contribution is -2.32. The summed E-state index contributed by atoms with van der Waals surface area (Å²) in [6, 6.07) is 24.1. The first-order valence-corrected chi connectivity index (χ1v) is 14.1. The number of benzene rings is 3. The van der Waals surface area contributed by atoms with Crippen LogP contribution in [0.1, 0.15) is 48.8 Å². The number of thiophene rings is 1. The summed E-state index contributed by atoms with van der Waals surface area (Å²) in [6.45, 7) is 0.493. The standard InChI is InChI=1S/C30H24BrN3O3S/c31-21-8-13-25-24(17-21)27-20(16-26(38-27)29(36)33-23-11-12-23)14-15-34(25)30(37)19-6-9-22(10-7-19)32-28(35)18-4-2-1-3-5-18/h1-10,13,16-17,23H,11-12,14-15H2,(H,32,35)(H,33,36). The maximum Gasteiger partial charge on any atom is 0.261 e. The van der Waals surface area contributed by atoms with Gasteiger partial charge in [-0.2, -0.15) is 0 Å². The minimum atomic E-state index is -0.201. The Labute approximate surface area is 232 Å². The summed E-state index contributed by atoms with van der Waals surface area (Å²) < 4.78 is 0.910. The van der Waals surface area contributed by atoms with Crippen LogP contribution in [0, 0.1) is 0 Å². The van der Waals surface area contributed by atoms with Crippen LogP contribution in [-0.4, -0.2) is 30.3 Å². The van der Waals surface area contributed by atoms with Crippen molar-refractivity contribution in [1.29, 1.82) is 0 Å². The van der Waals surface area contributed by atoms with Crippen molar-refractivity contribution in [3.63, 3.8) is 0 Å². The molecule has 190 valence electrons. The number of fused-ring (bicyclic) bond motifs is 3. The molecule has 6 rings (SSSR count). The van der Waals surface area contributed by atoms with E-state index in [1.54, 1.807) is 41.3 Å². The highest BCUT2D eigenvalue weighted by Gasteiger charge is 2.29. The molecule has 0 unspecified atom stereocenters. The minimum absolute atomic E-state index is 0.0190. The van der Waals surface area contributed by atoms with Gasteiger partial charge in [0.15, 0.2) is 0 Å². The van der Waals surface area contributed by atoms with Gasteiger partial charge in [-0.15, -0.1) is 11.3 Å². The van der Waals surface area contributed by atoms with Gasteiger partial charge in [-0.3, -0.25) is 14.4 Å². The van der Waals surface area contributed by atoms with Gasteiger partial charge in [0.05, 0.1) is 10.6 Å². The third kappa shape index (κ3) is 5.01. The first-order chi connectivity index (χ1) is 18.5. The average Bonchev–Trinajstić information content (AvgIpc) is 3.67. The molecule has 1 aliphatic carbocycles. The van der Waals surface area contributed by atoms with Crippen LogP contribution in [0.15, 0.2) is 83.3 Å². The van der Waals surface area contributed by atoms with E-state index in [1.165, 1.54) is 11.3 Å². The second kappa shape index (κ2) is 10.2. The summed E-state index contributed by atoms with van der Waals surface area (Å²) in [5.74, 6) is -0.334. The Morgan fingerprint density at radius 1 is 0.868 bits per heavy atom. The lowest BCUT2D eigenvalue weighted by atomic mass is 10.1. The highest BCUT2D eigenvalue weighted by Crippen LogP contribution is 2.43. The predicted molar refractivity (Wildman–Crippen MR) is 154 cm³/mol. The first kappa shape index (κ1) is 24.6. The van der Waals surface area contributed by atoms with Gasteiger partial charge in [-0.25, -0.2) is 0 Å². The van der Waals surface area contributed by atoms with Gasteiger partial charge in [0, 0.05) is 44.3 Å². The van der Waals surface area contributed by atoms with Crippen molar-refractivity contribution in [1.82, 2.24) is 5.32 Å². The van der Waals surface area contributed by atoms with Crippen molar-refractivity contribution < 1.29 is 14.4 Å². The fraction of sp³-hybridized carbons (Fsp3) is 0.167. The van der Waals surface area contributed by atoms with E-state index in [0.29, 0.717) is 40.7 Å². The molecule has 6 nitrogen and oxygen atoms in total. The monoisotopic (exact) mass is 585 g/mol. The molecule has 1 aromatic heterocycles. The number of rotatable bonds is 5. The number of hydrogen-bond donors (Lipinski definition) is 2. The van der Waals surface area contributed by atoms with E-state index < -0.39 is 0 Å². The first-order valence-electron chi connectivity index (χ1n) is 12.5. The number of anilines is 2. The van der Waals surface area contributed by atoms with E-state index in [9.17, 15) is 14.4 Å². The second-order valence-corrected chi connectivity index (χ2v) is 11.4. The van der Waals surface area contributed by atoms with Crippen molar-refractivity contribution >= 4 is 56.4 Å². The molecule has 0 bridgehead atoms. The van der Waals surface area contributed by atoms with Crippen LogP contribution < -0.4 is 15.5 Å².